The molecule has 9 heteroatoms. The number of aryl methyl sites for hydroxylation is 1. The first kappa shape index (κ1) is 17.1. The molecule has 5 heterocycles. The van der Waals surface area contributed by atoms with Gasteiger partial charge in [-0.2, -0.15) is 4.98 Å². The zero-order valence-electron chi connectivity index (χ0n) is 15.6. The molecule has 0 aromatic carbocycles. The van der Waals surface area contributed by atoms with E-state index in [0.29, 0.717) is 35.7 Å². The van der Waals surface area contributed by atoms with Crippen LogP contribution in [0.4, 0.5) is 5.82 Å². The van der Waals surface area contributed by atoms with Crippen LogP contribution in [0.3, 0.4) is 0 Å². The van der Waals surface area contributed by atoms with E-state index in [1.165, 1.54) is 6.33 Å². The Morgan fingerprint density at radius 3 is 2.89 bits per heavy atom. The quantitative estimate of drug-likeness (QED) is 0.722. The molecule has 2 aliphatic rings. The summed E-state index contributed by atoms with van der Waals surface area (Å²) in [4.78, 5) is 27.7. The van der Waals surface area contributed by atoms with Gasteiger partial charge in [0, 0.05) is 48.9 Å². The minimum Gasteiger partial charge on any atom is -0.384 e. The summed E-state index contributed by atoms with van der Waals surface area (Å²) in [6.45, 7) is 4.97. The average Bonchev–Trinajstić information content (AvgIpc) is 3.07. The van der Waals surface area contributed by atoms with Gasteiger partial charge in [-0.1, -0.05) is 5.16 Å². The summed E-state index contributed by atoms with van der Waals surface area (Å²) < 4.78 is 7.20. The van der Waals surface area contributed by atoms with Crippen molar-refractivity contribution in [1.29, 1.82) is 0 Å². The van der Waals surface area contributed by atoms with Gasteiger partial charge in [-0.3, -0.25) is 9.69 Å². The van der Waals surface area contributed by atoms with Crippen molar-refractivity contribution in [2.45, 2.75) is 32.4 Å². The Bertz CT molecular complexity index is 1090. The molecule has 0 amide bonds. The summed E-state index contributed by atoms with van der Waals surface area (Å²) >= 11 is 0. The first-order valence-electron chi connectivity index (χ1n) is 9.39. The molecule has 28 heavy (non-hydrogen) atoms. The summed E-state index contributed by atoms with van der Waals surface area (Å²) in [5.74, 6) is 2.40. The van der Waals surface area contributed by atoms with Crippen LogP contribution in [0, 0.1) is 12.8 Å². The molecule has 0 spiro atoms. The van der Waals surface area contributed by atoms with E-state index in [1.807, 2.05) is 11.5 Å². The molecule has 0 saturated carbocycles. The monoisotopic (exact) mass is 379 g/mol. The van der Waals surface area contributed by atoms with Crippen molar-refractivity contribution in [2.24, 2.45) is 5.92 Å². The minimum absolute atomic E-state index is 0.0142. The fraction of sp³-hybridized carbons (Fsp3) is 0.421. The number of pyridine rings is 1. The fourth-order valence-corrected chi connectivity index (χ4v) is 4.46. The van der Waals surface area contributed by atoms with Gasteiger partial charge in [-0.05, 0) is 25.3 Å². The lowest BCUT2D eigenvalue weighted by atomic mass is 9.82. The van der Waals surface area contributed by atoms with Gasteiger partial charge >= 0.3 is 0 Å². The molecule has 2 atom stereocenters. The molecule has 2 bridgehead atoms. The molecule has 0 aliphatic carbocycles. The molecule has 5 rings (SSSR count). The van der Waals surface area contributed by atoms with Gasteiger partial charge in [-0.25, -0.2) is 9.97 Å². The van der Waals surface area contributed by atoms with Gasteiger partial charge in [0.25, 0.3) is 5.56 Å². The van der Waals surface area contributed by atoms with Crippen LogP contribution in [0.25, 0.3) is 11.3 Å². The third kappa shape index (κ3) is 3.07. The van der Waals surface area contributed by atoms with E-state index >= 15 is 0 Å². The molecule has 144 valence electrons. The zero-order chi connectivity index (χ0) is 19.3. The van der Waals surface area contributed by atoms with E-state index < -0.39 is 0 Å². The average molecular weight is 379 g/mol. The second-order valence-corrected chi connectivity index (χ2v) is 7.67. The van der Waals surface area contributed by atoms with E-state index in [-0.39, 0.29) is 11.5 Å². The first-order chi connectivity index (χ1) is 13.5. The van der Waals surface area contributed by atoms with E-state index in [2.05, 4.69) is 31.1 Å². The maximum Gasteiger partial charge on any atom is 0.251 e. The summed E-state index contributed by atoms with van der Waals surface area (Å²) in [6, 6.07) is 5.41. The molecule has 1 saturated heterocycles. The topological polar surface area (TPSA) is 116 Å². The van der Waals surface area contributed by atoms with Crippen LogP contribution in [-0.2, 0) is 13.1 Å². The number of nitrogen functional groups attached to an aromatic ring is 1. The van der Waals surface area contributed by atoms with Crippen molar-refractivity contribution in [3.8, 4) is 11.3 Å². The van der Waals surface area contributed by atoms with Gasteiger partial charge in [0.05, 0.1) is 12.2 Å². The highest BCUT2D eigenvalue weighted by Gasteiger charge is 2.35. The number of nitrogens with zero attached hydrogens (tertiary/aromatic N) is 6. The highest BCUT2D eigenvalue weighted by atomic mass is 16.5. The third-order valence-corrected chi connectivity index (χ3v) is 5.54. The predicted molar refractivity (Wildman–Crippen MR) is 101 cm³/mol. The summed E-state index contributed by atoms with van der Waals surface area (Å²) in [6.07, 6.45) is 2.50. The smallest absolute Gasteiger partial charge is 0.251 e. The molecule has 0 unspecified atom stereocenters. The molecular weight excluding hydrogens is 358 g/mol. The van der Waals surface area contributed by atoms with Crippen LogP contribution >= 0.6 is 0 Å². The lowest BCUT2D eigenvalue weighted by molar-refractivity contribution is 0.104. The van der Waals surface area contributed by atoms with Gasteiger partial charge in [0.15, 0.2) is 5.82 Å². The number of aromatic nitrogens is 5. The van der Waals surface area contributed by atoms with E-state index in [4.69, 9.17) is 10.3 Å². The molecule has 1 fully saturated rings. The van der Waals surface area contributed by atoms with Crippen molar-refractivity contribution < 1.29 is 4.52 Å². The van der Waals surface area contributed by atoms with Crippen molar-refractivity contribution in [3.63, 3.8) is 0 Å². The Morgan fingerprint density at radius 2 is 2.11 bits per heavy atom. The molecule has 2 N–H and O–H groups in total. The Hall–Kier alpha value is -3.07. The van der Waals surface area contributed by atoms with Crippen LogP contribution in [-0.4, -0.2) is 42.7 Å². The third-order valence-electron chi connectivity index (χ3n) is 5.54. The Balaban J connectivity index is 1.47. The molecule has 3 aromatic rings. The molecule has 0 radical (unpaired) electrons. The summed E-state index contributed by atoms with van der Waals surface area (Å²) in [5, 5.41) is 3.87. The van der Waals surface area contributed by atoms with Crippen LogP contribution in [0.15, 0.2) is 33.8 Å². The predicted octanol–water partition coefficient (Wildman–Crippen LogP) is 1.20. The second-order valence-electron chi connectivity index (χ2n) is 7.67. The van der Waals surface area contributed by atoms with Gasteiger partial charge in [0.1, 0.15) is 12.1 Å². The number of likely N-dealkylation sites (tertiary alicyclic amines) is 1. The standard InChI is InChI=1S/C19H21N7O2/c1-11-23-18(28-24-11)9-25-6-12-2-14(8-25)16-3-13(4-19(27)26(16)7-12)15-5-17(20)22-10-21-15/h3-5,10,12,14H,2,6-9H2,1H3,(H2,20,21,22)/t12-,14+/m0/s1. The number of nitrogens with two attached hydrogens (primary N) is 1. The number of hydrogen-bond donors (Lipinski definition) is 1. The second kappa shape index (κ2) is 6.52. The van der Waals surface area contributed by atoms with Crippen molar-refractivity contribution in [1.82, 2.24) is 29.6 Å². The molecule has 9 nitrogen and oxygen atoms in total. The van der Waals surface area contributed by atoms with Gasteiger partial charge in [-0.15, -0.1) is 0 Å². The fourth-order valence-electron chi connectivity index (χ4n) is 4.46. The van der Waals surface area contributed by atoms with Gasteiger partial charge < -0.3 is 14.8 Å². The van der Waals surface area contributed by atoms with E-state index in [9.17, 15) is 4.79 Å². The maximum atomic E-state index is 12.8. The zero-order valence-corrected chi connectivity index (χ0v) is 15.6. The number of anilines is 1. The van der Waals surface area contributed by atoms with Crippen molar-refractivity contribution in [3.05, 3.63) is 52.3 Å². The highest BCUT2D eigenvalue weighted by molar-refractivity contribution is 5.61. The minimum atomic E-state index is 0.0142. The number of fused-ring (bicyclic) bond motifs is 4. The number of piperidine rings is 1. The Kier molecular flexibility index (Phi) is 3.97. The first-order valence-corrected chi connectivity index (χ1v) is 9.39. The van der Waals surface area contributed by atoms with E-state index in [0.717, 1.165) is 37.3 Å². The molecule has 3 aromatic heterocycles. The summed E-state index contributed by atoms with van der Waals surface area (Å²) in [7, 11) is 0. The highest BCUT2D eigenvalue weighted by Crippen LogP contribution is 2.36. The summed E-state index contributed by atoms with van der Waals surface area (Å²) in [5.41, 5.74) is 8.31. The van der Waals surface area contributed by atoms with Crippen LogP contribution in [0.5, 0.6) is 0 Å². The SMILES string of the molecule is Cc1noc(CN2C[C@@H]3C[C@H](C2)c2cc(-c4cc(N)ncn4)cc(=O)n2C3)n1. The normalized spacial score (nSPS) is 21.5. The van der Waals surface area contributed by atoms with Crippen LogP contribution in [0.2, 0.25) is 0 Å². The number of hydrogen-bond acceptors (Lipinski definition) is 8. The Morgan fingerprint density at radius 1 is 1.21 bits per heavy atom. The number of rotatable bonds is 3. The van der Waals surface area contributed by atoms with Crippen LogP contribution in [0.1, 0.15) is 29.7 Å². The lowest BCUT2D eigenvalue weighted by Crippen LogP contribution is -2.46. The van der Waals surface area contributed by atoms with Gasteiger partial charge in [0.2, 0.25) is 5.89 Å². The largest absolute Gasteiger partial charge is 0.384 e. The maximum absolute atomic E-state index is 12.8. The molecule has 2 aliphatic heterocycles. The van der Waals surface area contributed by atoms with E-state index in [1.54, 1.807) is 12.1 Å². The van der Waals surface area contributed by atoms with Crippen molar-refractivity contribution >= 4 is 5.82 Å². The Labute approximate surface area is 161 Å². The molecular formula is C19H21N7O2. The van der Waals surface area contributed by atoms with Crippen LogP contribution < -0.4 is 11.3 Å². The van der Waals surface area contributed by atoms with Crippen molar-refractivity contribution in [2.75, 3.05) is 18.8 Å². The lowest BCUT2D eigenvalue weighted by Gasteiger charge is -2.42.